The Kier molecular flexibility index (Phi) is 6.28. The fourth-order valence-corrected chi connectivity index (χ4v) is 2.82. The average Bonchev–Trinajstić information content (AvgIpc) is 2.95. The molecule has 0 aliphatic carbocycles. The van der Waals surface area contributed by atoms with Crippen molar-refractivity contribution in [1.29, 1.82) is 0 Å². The first-order chi connectivity index (χ1) is 11.0. The number of carboxylic acid groups (broad SMARTS) is 1. The minimum Gasteiger partial charge on any atom is -0.490 e. The van der Waals surface area contributed by atoms with E-state index in [4.69, 9.17) is 9.47 Å². The van der Waals surface area contributed by atoms with Gasteiger partial charge in [-0.05, 0) is 49.9 Å². The zero-order valence-electron chi connectivity index (χ0n) is 14.2. The fourth-order valence-electron chi connectivity index (χ4n) is 2.82. The number of hydrogen-bond acceptors (Lipinski definition) is 4. The van der Waals surface area contributed by atoms with Crippen LogP contribution in [0.1, 0.15) is 39.2 Å². The molecule has 1 aliphatic rings. The van der Waals surface area contributed by atoms with E-state index < -0.39 is 5.97 Å². The first kappa shape index (κ1) is 17.6. The third-order valence-corrected chi connectivity index (χ3v) is 3.91. The number of rotatable bonds is 8. The van der Waals surface area contributed by atoms with Gasteiger partial charge in [0.2, 0.25) is 0 Å². The van der Waals surface area contributed by atoms with Crippen LogP contribution in [0.4, 0.5) is 0 Å². The van der Waals surface area contributed by atoms with E-state index in [0.29, 0.717) is 25.7 Å². The molecule has 1 saturated heterocycles. The number of hydrogen-bond donors (Lipinski definition) is 1. The maximum atomic E-state index is 11.3. The van der Waals surface area contributed by atoms with Gasteiger partial charge in [-0.25, -0.2) is 0 Å². The quantitative estimate of drug-likeness (QED) is 0.797. The molecule has 1 aromatic rings. The van der Waals surface area contributed by atoms with Crippen molar-refractivity contribution in [2.75, 3.05) is 19.8 Å². The molecule has 1 aromatic carbocycles. The summed E-state index contributed by atoms with van der Waals surface area (Å²) in [5, 5.41) is 9.28. The van der Waals surface area contributed by atoms with Crippen molar-refractivity contribution in [2.45, 2.75) is 46.2 Å². The van der Waals surface area contributed by atoms with Crippen molar-refractivity contribution in [2.24, 2.45) is 5.92 Å². The van der Waals surface area contributed by atoms with Crippen molar-refractivity contribution in [3.05, 3.63) is 23.8 Å². The van der Waals surface area contributed by atoms with E-state index in [-0.39, 0.29) is 6.04 Å². The van der Waals surface area contributed by atoms with Crippen LogP contribution in [0.15, 0.2) is 18.2 Å². The Bertz CT molecular complexity index is 530. The summed E-state index contributed by atoms with van der Waals surface area (Å²) in [4.78, 5) is 13.3. The van der Waals surface area contributed by atoms with Gasteiger partial charge in [0.1, 0.15) is 6.04 Å². The van der Waals surface area contributed by atoms with E-state index >= 15 is 0 Å². The van der Waals surface area contributed by atoms with Gasteiger partial charge in [0.25, 0.3) is 0 Å². The molecule has 5 nitrogen and oxygen atoms in total. The summed E-state index contributed by atoms with van der Waals surface area (Å²) in [5.74, 6) is 1.20. The van der Waals surface area contributed by atoms with Gasteiger partial charge in [-0.2, -0.15) is 0 Å². The van der Waals surface area contributed by atoms with Gasteiger partial charge in [-0.1, -0.05) is 19.9 Å². The number of carboxylic acids is 1. The van der Waals surface area contributed by atoms with Gasteiger partial charge < -0.3 is 14.6 Å². The number of ether oxygens (including phenoxy) is 2. The van der Waals surface area contributed by atoms with Crippen LogP contribution in [0.5, 0.6) is 11.5 Å². The second-order valence-corrected chi connectivity index (χ2v) is 6.39. The zero-order valence-corrected chi connectivity index (χ0v) is 14.2. The topological polar surface area (TPSA) is 59.0 Å². The van der Waals surface area contributed by atoms with Crippen LogP contribution in [0.2, 0.25) is 0 Å². The number of likely N-dealkylation sites (tertiary alicyclic amines) is 1. The Morgan fingerprint density at radius 1 is 1.35 bits per heavy atom. The SMILES string of the molecule is CCOc1cc(CN2CCCC2C(=O)O)ccc1OCC(C)C. The molecule has 1 fully saturated rings. The van der Waals surface area contributed by atoms with Gasteiger partial charge in [0.05, 0.1) is 13.2 Å². The van der Waals surface area contributed by atoms with Gasteiger partial charge in [0.15, 0.2) is 11.5 Å². The van der Waals surface area contributed by atoms with Crippen LogP contribution in [-0.2, 0) is 11.3 Å². The molecule has 5 heteroatoms. The molecule has 1 atom stereocenters. The highest BCUT2D eigenvalue weighted by atomic mass is 16.5. The average molecular weight is 321 g/mol. The van der Waals surface area contributed by atoms with E-state index in [1.807, 2.05) is 30.0 Å². The number of aliphatic carboxylic acids is 1. The maximum absolute atomic E-state index is 11.3. The minimum absolute atomic E-state index is 0.373. The van der Waals surface area contributed by atoms with Gasteiger partial charge in [0, 0.05) is 6.54 Å². The van der Waals surface area contributed by atoms with E-state index in [2.05, 4.69) is 13.8 Å². The Morgan fingerprint density at radius 2 is 2.13 bits per heavy atom. The van der Waals surface area contributed by atoms with Gasteiger partial charge in [-0.3, -0.25) is 9.69 Å². The molecular weight excluding hydrogens is 294 g/mol. The molecule has 0 saturated carbocycles. The number of carbonyl (C=O) groups is 1. The lowest BCUT2D eigenvalue weighted by Gasteiger charge is -2.22. The molecule has 1 unspecified atom stereocenters. The Hall–Kier alpha value is -1.75. The number of benzene rings is 1. The van der Waals surface area contributed by atoms with Crippen molar-refractivity contribution >= 4 is 5.97 Å². The van der Waals surface area contributed by atoms with Crippen LogP contribution < -0.4 is 9.47 Å². The molecule has 0 aromatic heterocycles. The van der Waals surface area contributed by atoms with Gasteiger partial charge in [-0.15, -0.1) is 0 Å². The summed E-state index contributed by atoms with van der Waals surface area (Å²) >= 11 is 0. The number of nitrogens with zero attached hydrogens (tertiary/aromatic N) is 1. The third kappa shape index (κ3) is 4.86. The second-order valence-electron chi connectivity index (χ2n) is 6.39. The molecule has 0 amide bonds. The molecule has 1 aliphatic heterocycles. The first-order valence-electron chi connectivity index (χ1n) is 8.36. The lowest BCUT2D eigenvalue weighted by atomic mass is 10.1. The van der Waals surface area contributed by atoms with E-state index in [1.165, 1.54) is 0 Å². The maximum Gasteiger partial charge on any atom is 0.320 e. The van der Waals surface area contributed by atoms with Crippen LogP contribution in [0, 0.1) is 5.92 Å². The predicted octanol–water partition coefficient (Wildman–Crippen LogP) is 3.17. The Balaban J connectivity index is 2.10. The van der Waals surface area contributed by atoms with Gasteiger partial charge >= 0.3 is 5.97 Å². The zero-order chi connectivity index (χ0) is 16.8. The first-order valence-corrected chi connectivity index (χ1v) is 8.36. The molecule has 1 heterocycles. The van der Waals surface area contributed by atoms with Crippen LogP contribution >= 0.6 is 0 Å². The van der Waals surface area contributed by atoms with Crippen LogP contribution in [-0.4, -0.2) is 41.8 Å². The monoisotopic (exact) mass is 321 g/mol. The van der Waals surface area contributed by atoms with E-state index in [9.17, 15) is 9.90 Å². The molecule has 2 rings (SSSR count). The smallest absolute Gasteiger partial charge is 0.320 e. The van der Waals surface area contributed by atoms with Crippen LogP contribution in [0.25, 0.3) is 0 Å². The third-order valence-electron chi connectivity index (χ3n) is 3.91. The van der Waals surface area contributed by atoms with E-state index in [0.717, 1.165) is 36.4 Å². The second kappa shape index (κ2) is 8.20. The summed E-state index contributed by atoms with van der Waals surface area (Å²) < 4.78 is 11.5. The Labute approximate surface area is 138 Å². The molecule has 128 valence electrons. The van der Waals surface area contributed by atoms with Crippen molar-refractivity contribution < 1.29 is 19.4 Å². The lowest BCUT2D eigenvalue weighted by Crippen LogP contribution is -2.35. The molecular formula is C18H27NO4. The molecule has 0 radical (unpaired) electrons. The summed E-state index contributed by atoms with van der Waals surface area (Å²) in [6, 6.07) is 5.52. The highest BCUT2D eigenvalue weighted by Crippen LogP contribution is 2.30. The van der Waals surface area contributed by atoms with Crippen molar-refractivity contribution in [3.8, 4) is 11.5 Å². The van der Waals surface area contributed by atoms with Crippen molar-refractivity contribution in [1.82, 2.24) is 4.90 Å². The summed E-state index contributed by atoms with van der Waals surface area (Å²) in [5.41, 5.74) is 1.05. The normalized spacial score (nSPS) is 18.3. The molecule has 0 bridgehead atoms. The minimum atomic E-state index is -0.732. The summed E-state index contributed by atoms with van der Waals surface area (Å²) in [7, 11) is 0. The molecule has 0 spiro atoms. The highest BCUT2D eigenvalue weighted by molar-refractivity contribution is 5.73. The lowest BCUT2D eigenvalue weighted by molar-refractivity contribution is -0.142. The fraction of sp³-hybridized carbons (Fsp3) is 0.611. The van der Waals surface area contributed by atoms with Crippen molar-refractivity contribution in [3.63, 3.8) is 0 Å². The summed E-state index contributed by atoms with van der Waals surface area (Å²) in [6.45, 7) is 8.83. The van der Waals surface area contributed by atoms with E-state index in [1.54, 1.807) is 0 Å². The Morgan fingerprint density at radius 3 is 2.78 bits per heavy atom. The van der Waals surface area contributed by atoms with Crippen LogP contribution in [0.3, 0.4) is 0 Å². The molecule has 23 heavy (non-hydrogen) atoms. The largest absolute Gasteiger partial charge is 0.490 e. The predicted molar refractivity (Wildman–Crippen MR) is 89.0 cm³/mol. The summed E-state index contributed by atoms with van der Waals surface area (Å²) in [6.07, 6.45) is 1.66. The molecule has 1 N–H and O–H groups in total. The highest BCUT2D eigenvalue weighted by Gasteiger charge is 2.30. The standard InChI is InChI=1S/C18H27NO4/c1-4-22-17-10-14(7-8-16(17)23-12-13(2)3)11-19-9-5-6-15(19)18(20)21/h7-8,10,13,15H,4-6,9,11-12H2,1-3H3,(H,20,21).